The van der Waals surface area contributed by atoms with Gasteiger partial charge < -0.3 is 5.11 Å². The maximum atomic E-state index is 9.94. The number of hydrogen-bond acceptors (Lipinski definition) is 1. The van der Waals surface area contributed by atoms with Gasteiger partial charge in [0.05, 0.1) is 5.60 Å². The lowest BCUT2D eigenvalue weighted by Crippen LogP contribution is -2.38. The second-order valence-electron chi connectivity index (χ2n) is 3.88. The Morgan fingerprint density at radius 2 is 2.15 bits per heavy atom. The van der Waals surface area contributed by atoms with Crippen LogP contribution in [0.1, 0.15) is 24.8 Å². The molecule has 0 aromatic heterocycles. The summed E-state index contributed by atoms with van der Waals surface area (Å²) in [5, 5.41) is 9.94. The molecule has 1 fully saturated rings. The van der Waals surface area contributed by atoms with Crippen LogP contribution in [0, 0.1) is 0 Å². The van der Waals surface area contributed by atoms with Gasteiger partial charge in [0.25, 0.3) is 0 Å². The van der Waals surface area contributed by atoms with E-state index in [-0.39, 0.29) is 0 Å². The molecule has 0 amide bonds. The molecule has 70 valence electrons. The Morgan fingerprint density at radius 3 is 2.69 bits per heavy atom. The monoisotopic (exact) mass is 240 g/mol. The van der Waals surface area contributed by atoms with Gasteiger partial charge >= 0.3 is 0 Å². The predicted molar refractivity (Wildman–Crippen MR) is 56.6 cm³/mol. The van der Waals surface area contributed by atoms with Crippen LogP contribution in [0.5, 0.6) is 0 Å². The van der Waals surface area contributed by atoms with E-state index in [1.165, 1.54) is 12.0 Å². The van der Waals surface area contributed by atoms with Gasteiger partial charge in [0.1, 0.15) is 0 Å². The van der Waals surface area contributed by atoms with Gasteiger partial charge in [-0.05, 0) is 37.0 Å². The van der Waals surface area contributed by atoms with Gasteiger partial charge in [0.15, 0.2) is 0 Å². The minimum Gasteiger partial charge on any atom is -0.390 e. The average molecular weight is 241 g/mol. The number of aliphatic hydroxyl groups is 1. The Morgan fingerprint density at radius 1 is 1.38 bits per heavy atom. The summed E-state index contributed by atoms with van der Waals surface area (Å²) in [6, 6.07) is 8.17. The molecule has 0 saturated heterocycles. The smallest absolute Gasteiger partial charge is 0.0688 e. The molecular formula is C11H13BrO. The van der Waals surface area contributed by atoms with Crippen LogP contribution in [0.2, 0.25) is 0 Å². The van der Waals surface area contributed by atoms with Crippen molar-refractivity contribution in [1.82, 2.24) is 0 Å². The molecule has 0 heterocycles. The molecule has 1 aromatic rings. The zero-order valence-corrected chi connectivity index (χ0v) is 9.05. The Labute approximate surface area is 86.9 Å². The van der Waals surface area contributed by atoms with Crippen molar-refractivity contribution in [1.29, 1.82) is 0 Å². The summed E-state index contributed by atoms with van der Waals surface area (Å²) < 4.78 is 1.09. The third-order valence-electron chi connectivity index (χ3n) is 2.71. The molecule has 0 unspecified atom stereocenters. The number of halogens is 1. The molecule has 0 radical (unpaired) electrons. The van der Waals surface area contributed by atoms with Crippen molar-refractivity contribution in [3.63, 3.8) is 0 Å². The molecule has 1 N–H and O–H groups in total. The summed E-state index contributed by atoms with van der Waals surface area (Å²) in [4.78, 5) is 0. The highest BCUT2D eigenvalue weighted by atomic mass is 79.9. The molecular weight excluding hydrogens is 228 g/mol. The highest BCUT2D eigenvalue weighted by Crippen LogP contribution is 2.34. The van der Waals surface area contributed by atoms with Crippen LogP contribution < -0.4 is 0 Å². The molecule has 1 saturated carbocycles. The van der Waals surface area contributed by atoms with E-state index in [0.717, 1.165) is 23.7 Å². The van der Waals surface area contributed by atoms with Crippen molar-refractivity contribution < 1.29 is 5.11 Å². The van der Waals surface area contributed by atoms with Crippen molar-refractivity contribution in [2.75, 3.05) is 0 Å². The Bertz CT molecular complexity index is 305. The second-order valence-corrected chi connectivity index (χ2v) is 4.80. The van der Waals surface area contributed by atoms with Crippen molar-refractivity contribution in [3.05, 3.63) is 34.3 Å². The fourth-order valence-corrected chi connectivity index (χ4v) is 2.24. The third-order valence-corrected chi connectivity index (χ3v) is 3.20. The van der Waals surface area contributed by atoms with Crippen LogP contribution in [0.4, 0.5) is 0 Å². The van der Waals surface area contributed by atoms with Gasteiger partial charge in [0, 0.05) is 10.9 Å². The Kier molecular flexibility index (Phi) is 2.43. The maximum absolute atomic E-state index is 9.94. The van der Waals surface area contributed by atoms with E-state index in [9.17, 15) is 5.11 Å². The normalized spacial score (nSPS) is 19.5. The first-order chi connectivity index (χ1) is 6.18. The van der Waals surface area contributed by atoms with Gasteiger partial charge in [-0.1, -0.05) is 28.1 Å². The molecule has 0 bridgehead atoms. The fourth-order valence-electron chi connectivity index (χ4n) is 1.79. The summed E-state index contributed by atoms with van der Waals surface area (Å²) in [7, 11) is 0. The lowest BCUT2D eigenvalue weighted by Gasteiger charge is -2.36. The van der Waals surface area contributed by atoms with Crippen molar-refractivity contribution in [2.45, 2.75) is 31.3 Å². The first-order valence-corrected chi connectivity index (χ1v) is 5.44. The summed E-state index contributed by atoms with van der Waals surface area (Å²) in [5.74, 6) is 0. The molecule has 0 atom stereocenters. The number of rotatable bonds is 2. The summed E-state index contributed by atoms with van der Waals surface area (Å²) in [5.41, 5.74) is 0.817. The highest BCUT2D eigenvalue weighted by molar-refractivity contribution is 9.10. The Balaban J connectivity index is 2.09. The zero-order valence-electron chi connectivity index (χ0n) is 7.46. The third kappa shape index (κ3) is 2.12. The topological polar surface area (TPSA) is 20.2 Å². The fraction of sp³-hybridized carbons (Fsp3) is 0.455. The lowest BCUT2D eigenvalue weighted by molar-refractivity contribution is -0.0323. The minimum absolute atomic E-state index is 0.402. The van der Waals surface area contributed by atoms with Crippen molar-refractivity contribution >= 4 is 15.9 Å². The molecule has 1 aliphatic carbocycles. The van der Waals surface area contributed by atoms with Crippen LogP contribution in [0.25, 0.3) is 0 Å². The van der Waals surface area contributed by atoms with E-state index >= 15 is 0 Å². The molecule has 13 heavy (non-hydrogen) atoms. The van der Waals surface area contributed by atoms with Gasteiger partial charge in [-0.3, -0.25) is 0 Å². The van der Waals surface area contributed by atoms with E-state index in [1.54, 1.807) is 0 Å². The molecule has 1 nitrogen and oxygen atoms in total. The van der Waals surface area contributed by atoms with E-state index in [2.05, 4.69) is 28.1 Å². The molecule has 1 aliphatic rings. The summed E-state index contributed by atoms with van der Waals surface area (Å²) >= 11 is 3.43. The van der Waals surface area contributed by atoms with E-state index in [1.807, 2.05) is 12.1 Å². The van der Waals surface area contributed by atoms with Crippen LogP contribution in [-0.4, -0.2) is 10.7 Å². The first kappa shape index (κ1) is 9.22. The summed E-state index contributed by atoms with van der Waals surface area (Å²) in [6.07, 6.45) is 3.88. The van der Waals surface area contributed by atoms with Crippen LogP contribution >= 0.6 is 15.9 Å². The minimum atomic E-state index is -0.402. The molecule has 2 rings (SSSR count). The van der Waals surface area contributed by atoms with Crippen LogP contribution in [0.3, 0.4) is 0 Å². The standard InChI is InChI=1S/C11H13BrO/c12-10-4-1-3-9(7-10)8-11(13)5-2-6-11/h1,3-4,7,13H,2,5-6,8H2. The second kappa shape index (κ2) is 3.43. The van der Waals surface area contributed by atoms with Crippen LogP contribution in [0.15, 0.2) is 28.7 Å². The van der Waals surface area contributed by atoms with Gasteiger partial charge in [-0.25, -0.2) is 0 Å². The van der Waals surface area contributed by atoms with Gasteiger partial charge in [-0.15, -0.1) is 0 Å². The molecule has 2 heteroatoms. The largest absolute Gasteiger partial charge is 0.390 e. The number of benzene rings is 1. The quantitative estimate of drug-likeness (QED) is 0.844. The zero-order chi connectivity index (χ0) is 9.31. The molecule has 0 aliphatic heterocycles. The molecule has 1 aromatic carbocycles. The number of hydrogen-bond donors (Lipinski definition) is 1. The molecule has 0 spiro atoms. The van der Waals surface area contributed by atoms with Gasteiger partial charge in [0.2, 0.25) is 0 Å². The Hall–Kier alpha value is -0.340. The SMILES string of the molecule is OC1(Cc2cccc(Br)c2)CCC1. The average Bonchev–Trinajstić information content (AvgIpc) is 2.01. The van der Waals surface area contributed by atoms with E-state index in [0.29, 0.717) is 0 Å². The highest BCUT2D eigenvalue weighted by Gasteiger charge is 2.34. The van der Waals surface area contributed by atoms with Gasteiger partial charge in [-0.2, -0.15) is 0 Å². The summed E-state index contributed by atoms with van der Waals surface area (Å²) in [6.45, 7) is 0. The predicted octanol–water partition coefficient (Wildman–Crippen LogP) is 2.91. The van der Waals surface area contributed by atoms with E-state index in [4.69, 9.17) is 0 Å². The lowest BCUT2D eigenvalue weighted by atomic mass is 9.76. The van der Waals surface area contributed by atoms with Crippen molar-refractivity contribution in [3.8, 4) is 0 Å². The van der Waals surface area contributed by atoms with Crippen molar-refractivity contribution in [2.24, 2.45) is 0 Å². The van der Waals surface area contributed by atoms with Crippen LogP contribution in [-0.2, 0) is 6.42 Å². The first-order valence-electron chi connectivity index (χ1n) is 4.65. The van der Waals surface area contributed by atoms with E-state index < -0.39 is 5.60 Å². The maximum Gasteiger partial charge on any atom is 0.0688 e.